The van der Waals surface area contributed by atoms with E-state index in [4.69, 9.17) is 9.47 Å². The van der Waals surface area contributed by atoms with Crippen LogP contribution in [0.4, 0.5) is 4.39 Å². The zero-order valence-corrected chi connectivity index (χ0v) is 16.4. The SMILES string of the molecule is COc1cc(CCN(C)CC(=O)N(C)C)ccc1OCc1cccc(F)c1. The number of amides is 1. The molecule has 146 valence electrons. The molecule has 0 saturated heterocycles. The van der Waals surface area contributed by atoms with Crippen molar-refractivity contribution in [2.45, 2.75) is 13.0 Å². The van der Waals surface area contributed by atoms with Crippen LogP contribution in [0.2, 0.25) is 0 Å². The summed E-state index contributed by atoms with van der Waals surface area (Å²) in [5, 5.41) is 0. The van der Waals surface area contributed by atoms with Gasteiger partial charge in [-0.05, 0) is 48.9 Å². The van der Waals surface area contributed by atoms with Crippen molar-refractivity contribution in [3.8, 4) is 11.5 Å². The van der Waals surface area contributed by atoms with Gasteiger partial charge in [-0.2, -0.15) is 0 Å². The maximum Gasteiger partial charge on any atom is 0.236 e. The molecule has 0 N–H and O–H groups in total. The highest BCUT2D eigenvalue weighted by molar-refractivity contribution is 5.77. The van der Waals surface area contributed by atoms with Gasteiger partial charge < -0.3 is 14.4 Å². The van der Waals surface area contributed by atoms with E-state index in [9.17, 15) is 9.18 Å². The molecule has 0 atom stereocenters. The molecule has 5 nitrogen and oxygen atoms in total. The van der Waals surface area contributed by atoms with Crippen molar-refractivity contribution < 1.29 is 18.7 Å². The van der Waals surface area contributed by atoms with Crippen LogP contribution in [0.5, 0.6) is 11.5 Å². The number of likely N-dealkylation sites (N-methyl/N-ethyl adjacent to an activating group) is 2. The van der Waals surface area contributed by atoms with Gasteiger partial charge >= 0.3 is 0 Å². The number of carbonyl (C=O) groups is 1. The van der Waals surface area contributed by atoms with Crippen LogP contribution in [0.1, 0.15) is 11.1 Å². The second kappa shape index (κ2) is 9.92. The number of rotatable bonds is 9. The van der Waals surface area contributed by atoms with Crippen LogP contribution < -0.4 is 9.47 Å². The number of carbonyl (C=O) groups excluding carboxylic acids is 1. The summed E-state index contributed by atoms with van der Waals surface area (Å²) in [5.41, 5.74) is 1.85. The Labute approximate surface area is 160 Å². The third-order valence-corrected chi connectivity index (χ3v) is 4.20. The lowest BCUT2D eigenvalue weighted by Crippen LogP contribution is -2.35. The van der Waals surface area contributed by atoms with Gasteiger partial charge in [0.25, 0.3) is 0 Å². The van der Waals surface area contributed by atoms with E-state index in [1.54, 1.807) is 32.2 Å². The molecule has 0 aliphatic rings. The summed E-state index contributed by atoms with van der Waals surface area (Å²) < 4.78 is 24.5. The number of nitrogens with zero attached hydrogens (tertiary/aromatic N) is 2. The molecule has 0 saturated carbocycles. The van der Waals surface area contributed by atoms with E-state index < -0.39 is 0 Å². The fraction of sp³-hybridized carbons (Fsp3) is 0.381. The maximum atomic E-state index is 13.3. The van der Waals surface area contributed by atoms with Gasteiger partial charge in [-0.3, -0.25) is 9.69 Å². The summed E-state index contributed by atoms with van der Waals surface area (Å²) in [6, 6.07) is 12.1. The number of methoxy groups -OCH3 is 1. The molecule has 0 heterocycles. The highest BCUT2D eigenvalue weighted by atomic mass is 19.1. The summed E-state index contributed by atoms with van der Waals surface area (Å²) in [5.74, 6) is 1.05. The Hall–Kier alpha value is -2.60. The molecule has 2 rings (SSSR count). The summed E-state index contributed by atoms with van der Waals surface area (Å²) in [6.07, 6.45) is 0.789. The fourth-order valence-corrected chi connectivity index (χ4v) is 2.55. The molecule has 0 spiro atoms. The van der Waals surface area contributed by atoms with Crippen LogP contribution in [-0.4, -0.2) is 57.0 Å². The predicted octanol–water partition coefficient (Wildman–Crippen LogP) is 2.98. The van der Waals surface area contributed by atoms with Crippen LogP contribution in [0, 0.1) is 5.82 Å². The second-order valence-electron chi connectivity index (χ2n) is 6.68. The van der Waals surface area contributed by atoms with E-state index in [-0.39, 0.29) is 18.3 Å². The average Bonchev–Trinajstić information content (AvgIpc) is 2.64. The van der Waals surface area contributed by atoms with Crippen molar-refractivity contribution in [1.82, 2.24) is 9.80 Å². The molecule has 0 radical (unpaired) electrons. The van der Waals surface area contributed by atoms with Gasteiger partial charge in [0.2, 0.25) is 5.91 Å². The third-order valence-electron chi connectivity index (χ3n) is 4.20. The first-order valence-corrected chi connectivity index (χ1v) is 8.82. The lowest BCUT2D eigenvalue weighted by molar-refractivity contribution is -0.129. The zero-order valence-electron chi connectivity index (χ0n) is 16.4. The molecule has 0 bridgehead atoms. The first-order valence-electron chi connectivity index (χ1n) is 8.82. The van der Waals surface area contributed by atoms with Crippen LogP contribution in [0.15, 0.2) is 42.5 Å². The first-order chi connectivity index (χ1) is 12.9. The van der Waals surface area contributed by atoms with Gasteiger partial charge in [0, 0.05) is 20.6 Å². The largest absolute Gasteiger partial charge is 0.493 e. The van der Waals surface area contributed by atoms with Crippen molar-refractivity contribution in [3.63, 3.8) is 0 Å². The minimum atomic E-state index is -0.282. The average molecular weight is 374 g/mol. The Kier molecular flexibility index (Phi) is 7.61. The lowest BCUT2D eigenvalue weighted by atomic mass is 10.1. The zero-order chi connectivity index (χ0) is 19.8. The topological polar surface area (TPSA) is 42.0 Å². The van der Waals surface area contributed by atoms with Gasteiger partial charge in [0.15, 0.2) is 11.5 Å². The molecule has 2 aromatic rings. The van der Waals surface area contributed by atoms with Gasteiger partial charge in [0.05, 0.1) is 13.7 Å². The molecule has 6 heteroatoms. The first kappa shape index (κ1) is 20.7. The minimum Gasteiger partial charge on any atom is -0.493 e. The summed E-state index contributed by atoms with van der Waals surface area (Å²) >= 11 is 0. The molecule has 0 aliphatic heterocycles. The van der Waals surface area contributed by atoms with E-state index in [1.807, 2.05) is 36.2 Å². The number of benzene rings is 2. The van der Waals surface area contributed by atoms with E-state index in [0.29, 0.717) is 18.0 Å². The van der Waals surface area contributed by atoms with Crippen LogP contribution >= 0.6 is 0 Å². The number of hydrogen-bond acceptors (Lipinski definition) is 4. The van der Waals surface area contributed by atoms with E-state index in [2.05, 4.69) is 0 Å². The summed E-state index contributed by atoms with van der Waals surface area (Å²) in [6.45, 7) is 1.41. The quantitative estimate of drug-likeness (QED) is 0.677. The van der Waals surface area contributed by atoms with Crippen molar-refractivity contribution in [2.75, 3.05) is 41.3 Å². The van der Waals surface area contributed by atoms with Gasteiger partial charge in [-0.1, -0.05) is 18.2 Å². The van der Waals surface area contributed by atoms with Crippen molar-refractivity contribution in [2.24, 2.45) is 0 Å². The van der Waals surface area contributed by atoms with Crippen molar-refractivity contribution in [3.05, 3.63) is 59.4 Å². The van der Waals surface area contributed by atoms with Gasteiger partial charge in [-0.25, -0.2) is 4.39 Å². The molecule has 0 aromatic heterocycles. The molecule has 0 aliphatic carbocycles. The normalized spacial score (nSPS) is 10.7. The van der Waals surface area contributed by atoms with Gasteiger partial charge in [0.1, 0.15) is 12.4 Å². The molecule has 1 amide bonds. The van der Waals surface area contributed by atoms with E-state index >= 15 is 0 Å². The van der Waals surface area contributed by atoms with Crippen LogP contribution in [0.25, 0.3) is 0 Å². The second-order valence-corrected chi connectivity index (χ2v) is 6.68. The molecule has 2 aromatic carbocycles. The standard InChI is InChI=1S/C21H27FN2O3/c1-23(2)21(25)14-24(3)11-10-16-8-9-19(20(13-16)26-4)27-15-17-6-5-7-18(22)12-17/h5-9,12-13H,10-11,14-15H2,1-4H3. The molecular weight excluding hydrogens is 347 g/mol. The Morgan fingerprint density at radius 3 is 2.48 bits per heavy atom. The minimum absolute atomic E-state index is 0.0798. The number of hydrogen-bond donors (Lipinski definition) is 0. The molecule has 0 unspecified atom stereocenters. The number of halogens is 1. The van der Waals surface area contributed by atoms with Gasteiger partial charge in [-0.15, -0.1) is 0 Å². The molecule has 0 fully saturated rings. The monoisotopic (exact) mass is 374 g/mol. The Balaban J connectivity index is 1.93. The van der Waals surface area contributed by atoms with Crippen molar-refractivity contribution in [1.29, 1.82) is 0 Å². The Bertz CT molecular complexity index is 765. The van der Waals surface area contributed by atoms with Crippen molar-refractivity contribution >= 4 is 5.91 Å². The van der Waals surface area contributed by atoms with E-state index in [0.717, 1.165) is 24.1 Å². The van der Waals surface area contributed by atoms with E-state index in [1.165, 1.54) is 12.1 Å². The Morgan fingerprint density at radius 2 is 1.81 bits per heavy atom. The highest BCUT2D eigenvalue weighted by Crippen LogP contribution is 2.29. The Morgan fingerprint density at radius 1 is 1.04 bits per heavy atom. The van der Waals surface area contributed by atoms with Crippen LogP contribution in [-0.2, 0) is 17.8 Å². The smallest absolute Gasteiger partial charge is 0.236 e. The lowest BCUT2D eigenvalue weighted by Gasteiger charge is -2.19. The summed E-state index contributed by atoms with van der Waals surface area (Å²) in [7, 11) is 7.03. The summed E-state index contributed by atoms with van der Waals surface area (Å²) in [4.78, 5) is 15.3. The maximum absolute atomic E-state index is 13.3. The third kappa shape index (κ3) is 6.57. The van der Waals surface area contributed by atoms with Crippen LogP contribution in [0.3, 0.4) is 0 Å². The predicted molar refractivity (Wildman–Crippen MR) is 104 cm³/mol. The molecular formula is C21H27FN2O3. The number of ether oxygens (including phenoxy) is 2. The highest BCUT2D eigenvalue weighted by Gasteiger charge is 2.10. The fourth-order valence-electron chi connectivity index (χ4n) is 2.55. The molecule has 27 heavy (non-hydrogen) atoms.